The van der Waals surface area contributed by atoms with Crippen LogP contribution in [0.2, 0.25) is 0 Å². The quantitative estimate of drug-likeness (QED) is 0.559. The average molecular weight is 411 g/mol. The van der Waals surface area contributed by atoms with Crippen LogP contribution < -0.4 is 10.1 Å². The molecule has 2 aromatic carbocycles. The molecule has 5 heteroatoms. The van der Waals surface area contributed by atoms with Crippen LogP contribution in [0.15, 0.2) is 48.5 Å². The lowest BCUT2D eigenvalue weighted by molar-refractivity contribution is -0.143. The van der Waals surface area contributed by atoms with Crippen LogP contribution in [0, 0.1) is 13.8 Å². The first kappa shape index (κ1) is 23.5. The average Bonchev–Trinajstić information content (AvgIpc) is 2.72. The summed E-state index contributed by atoms with van der Waals surface area (Å²) in [6.07, 6.45) is 2.47. The summed E-state index contributed by atoms with van der Waals surface area (Å²) < 4.78 is 5.80. The van der Waals surface area contributed by atoms with Crippen molar-refractivity contribution < 1.29 is 14.3 Å². The van der Waals surface area contributed by atoms with Crippen molar-refractivity contribution >= 4 is 11.8 Å². The Bertz CT molecular complexity index is 800. The van der Waals surface area contributed by atoms with Gasteiger partial charge in [0.2, 0.25) is 5.91 Å². The minimum Gasteiger partial charge on any atom is -0.484 e. The summed E-state index contributed by atoms with van der Waals surface area (Å²) in [7, 11) is 0. The third kappa shape index (κ3) is 7.21. The van der Waals surface area contributed by atoms with E-state index in [1.807, 2.05) is 63.2 Å². The number of rotatable bonds is 11. The van der Waals surface area contributed by atoms with E-state index in [0.29, 0.717) is 25.3 Å². The molecule has 2 amide bonds. The van der Waals surface area contributed by atoms with Crippen molar-refractivity contribution in [2.45, 2.75) is 59.5 Å². The van der Waals surface area contributed by atoms with Crippen molar-refractivity contribution in [3.8, 4) is 5.75 Å². The van der Waals surface area contributed by atoms with Gasteiger partial charge in [-0.2, -0.15) is 0 Å². The molecule has 0 saturated carbocycles. The van der Waals surface area contributed by atoms with Crippen molar-refractivity contribution in [1.82, 2.24) is 10.2 Å². The van der Waals surface area contributed by atoms with E-state index < -0.39 is 6.04 Å². The first-order valence-corrected chi connectivity index (χ1v) is 10.8. The van der Waals surface area contributed by atoms with Gasteiger partial charge in [-0.1, -0.05) is 56.7 Å². The van der Waals surface area contributed by atoms with E-state index in [9.17, 15) is 9.59 Å². The Kier molecular flexibility index (Phi) is 9.39. The minimum absolute atomic E-state index is 0.103. The number of ether oxygens (including phenoxy) is 1. The highest BCUT2D eigenvalue weighted by Crippen LogP contribution is 2.17. The largest absolute Gasteiger partial charge is 0.484 e. The summed E-state index contributed by atoms with van der Waals surface area (Å²) in [6, 6.07) is 15.1. The number of hydrogen-bond donors (Lipinski definition) is 1. The predicted molar refractivity (Wildman–Crippen MR) is 120 cm³/mol. The van der Waals surface area contributed by atoms with E-state index >= 15 is 0 Å². The van der Waals surface area contributed by atoms with E-state index in [2.05, 4.69) is 18.3 Å². The molecule has 0 aliphatic rings. The second-order valence-corrected chi connectivity index (χ2v) is 7.69. The van der Waals surface area contributed by atoms with E-state index in [1.54, 1.807) is 4.90 Å². The number of carbonyl (C=O) groups is 2. The van der Waals surface area contributed by atoms with Crippen LogP contribution in [-0.4, -0.2) is 35.9 Å². The maximum Gasteiger partial charge on any atom is 0.261 e. The molecule has 0 unspecified atom stereocenters. The Morgan fingerprint density at radius 2 is 1.70 bits per heavy atom. The molecule has 0 radical (unpaired) electrons. The molecule has 0 aliphatic carbocycles. The second-order valence-electron chi connectivity index (χ2n) is 7.69. The highest BCUT2D eigenvalue weighted by Gasteiger charge is 2.28. The Balaban J connectivity index is 2.16. The van der Waals surface area contributed by atoms with Crippen LogP contribution >= 0.6 is 0 Å². The van der Waals surface area contributed by atoms with E-state index in [1.165, 1.54) is 0 Å². The van der Waals surface area contributed by atoms with E-state index in [4.69, 9.17) is 4.74 Å². The number of nitrogens with zero attached hydrogens (tertiary/aromatic N) is 1. The Hall–Kier alpha value is -2.82. The third-order valence-corrected chi connectivity index (χ3v) is 4.97. The van der Waals surface area contributed by atoms with E-state index in [0.717, 1.165) is 29.5 Å². The van der Waals surface area contributed by atoms with Crippen LogP contribution in [-0.2, 0) is 16.1 Å². The normalized spacial score (nSPS) is 11.6. The molecule has 2 aromatic rings. The topological polar surface area (TPSA) is 58.6 Å². The smallest absolute Gasteiger partial charge is 0.261 e. The summed E-state index contributed by atoms with van der Waals surface area (Å²) in [5.41, 5.74) is 3.15. The number of hydrogen-bond acceptors (Lipinski definition) is 3. The molecular weight excluding hydrogens is 376 g/mol. The van der Waals surface area contributed by atoms with Crippen LogP contribution in [0.5, 0.6) is 5.75 Å². The van der Waals surface area contributed by atoms with Crippen LogP contribution in [0.1, 0.15) is 49.8 Å². The zero-order valence-corrected chi connectivity index (χ0v) is 18.6. The molecule has 1 N–H and O–H groups in total. The number of aryl methyl sites for hydroxylation is 2. The molecule has 162 valence electrons. The number of nitrogens with one attached hydrogen (secondary N) is 1. The molecule has 5 nitrogen and oxygen atoms in total. The van der Waals surface area contributed by atoms with Gasteiger partial charge in [-0.05, 0) is 55.5 Å². The van der Waals surface area contributed by atoms with Gasteiger partial charge < -0.3 is 15.0 Å². The molecular formula is C25H34N2O3. The monoisotopic (exact) mass is 410 g/mol. The van der Waals surface area contributed by atoms with Crippen molar-refractivity contribution in [2.75, 3.05) is 13.2 Å². The highest BCUT2D eigenvalue weighted by atomic mass is 16.5. The summed E-state index contributed by atoms with van der Waals surface area (Å²) in [5, 5.41) is 2.97. The summed E-state index contributed by atoms with van der Waals surface area (Å²) in [4.78, 5) is 27.6. The van der Waals surface area contributed by atoms with Crippen molar-refractivity contribution in [1.29, 1.82) is 0 Å². The predicted octanol–water partition coefficient (Wildman–Crippen LogP) is 4.41. The number of unbranched alkanes of at least 4 members (excludes halogenated alkanes) is 1. The lowest BCUT2D eigenvalue weighted by Crippen LogP contribution is -2.50. The molecule has 0 aliphatic heterocycles. The molecule has 0 aromatic heterocycles. The zero-order chi connectivity index (χ0) is 21.9. The Labute approximate surface area is 180 Å². The van der Waals surface area contributed by atoms with Gasteiger partial charge in [0.15, 0.2) is 6.61 Å². The summed E-state index contributed by atoms with van der Waals surface area (Å²) in [6.45, 7) is 8.90. The second kappa shape index (κ2) is 12.0. The molecule has 0 saturated heterocycles. The van der Waals surface area contributed by atoms with Crippen molar-refractivity contribution in [3.05, 3.63) is 65.2 Å². The molecule has 1 atom stereocenters. The van der Waals surface area contributed by atoms with Gasteiger partial charge in [0, 0.05) is 13.1 Å². The third-order valence-electron chi connectivity index (χ3n) is 4.97. The zero-order valence-electron chi connectivity index (χ0n) is 18.6. The highest BCUT2D eigenvalue weighted by molar-refractivity contribution is 5.88. The molecule has 30 heavy (non-hydrogen) atoms. The van der Waals surface area contributed by atoms with Gasteiger partial charge >= 0.3 is 0 Å². The van der Waals surface area contributed by atoms with Gasteiger partial charge in [0.05, 0.1) is 0 Å². The van der Waals surface area contributed by atoms with Gasteiger partial charge in [-0.25, -0.2) is 0 Å². The maximum atomic E-state index is 13.1. The number of benzene rings is 2. The number of amides is 2. The summed E-state index contributed by atoms with van der Waals surface area (Å²) >= 11 is 0. The SMILES string of the molecule is CCCCNC(=O)[C@H](CC)N(Cc1ccccc1)C(=O)COc1cc(C)cc(C)c1. The van der Waals surface area contributed by atoms with Crippen LogP contribution in [0.25, 0.3) is 0 Å². The first-order valence-electron chi connectivity index (χ1n) is 10.8. The van der Waals surface area contributed by atoms with Crippen molar-refractivity contribution in [3.63, 3.8) is 0 Å². The van der Waals surface area contributed by atoms with E-state index in [-0.39, 0.29) is 18.4 Å². The lowest BCUT2D eigenvalue weighted by Gasteiger charge is -2.30. The molecule has 2 rings (SSSR count). The van der Waals surface area contributed by atoms with Gasteiger partial charge in [0.1, 0.15) is 11.8 Å². The Morgan fingerprint density at radius 1 is 1.03 bits per heavy atom. The Morgan fingerprint density at radius 3 is 2.30 bits per heavy atom. The summed E-state index contributed by atoms with van der Waals surface area (Å²) in [5.74, 6) is 0.359. The lowest BCUT2D eigenvalue weighted by atomic mass is 10.1. The fourth-order valence-electron chi connectivity index (χ4n) is 3.45. The van der Waals surface area contributed by atoms with Crippen LogP contribution in [0.4, 0.5) is 0 Å². The van der Waals surface area contributed by atoms with Crippen LogP contribution in [0.3, 0.4) is 0 Å². The molecule has 0 fully saturated rings. The fourth-order valence-corrected chi connectivity index (χ4v) is 3.45. The standard InChI is InChI=1S/C25H34N2O3/c1-5-7-13-26-25(29)23(6-2)27(17-21-11-9-8-10-12-21)24(28)18-30-22-15-19(3)14-20(4)16-22/h8-12,14-16,23H,5-7,13,17-18H2,1-4H3,(H,26,29)/t23-/m0/s1. The van der Waals surface area contributed by atoms with Crippen molar-refractivity contribution in [2.24, 2.45) is 0 Å². The fraction of sp³-hybridized carbons (Fsp3) is 0.440. The van der Waals surface area contributed by atoms with Gasteiger partial charge in [0.25, 0.3) is 5.91 Å². The molecule has 0 bridgehead atoms. The minimum atomic E-state index is -0.530. The number of carbonyl (C=O) groups excluding carboxylic acids is 2. The van der Waals surface area contributed by atoms with Gasteiger partial charge in [-0.3, -0.25) is 9.59 Å². The maximum absolute atomic E-state index is 13.1. The first-order chi connectivity index (χ1) is 14.4. The molecule has 0 spiro atoms. The molecule has 0 heterocycles. The van der Waals surface area contributed by atoms with Gasteiger partial charge in [-0.15, -0.1) is 0 Å².